The van der Waals surface area contributed by atoms with Crippen molar-refractivity contribution in [2.75, 3.05) is 0 Å². The molecule has 1 unspecified atom stereocenters. The summed E-state index contributed by atoms with van der Waals surface area (Å²) >= 11 is 6.10. The van der Waals surface area contributed by atoms with Gasteiger partial charge in [0, 0.05) is 5.56 Å². The molecule has 0 spiro atoms. The first-order valence-corrected chi connectivity index (χ1v) is 13.2. The number of hydrogen-bond donors (Lipinski definition) is 0. The van der Waals surface area contributed by atoms with Gasteiger partial charge in [-0.25, -0.2) is 9.07 Å². The van der Waals surface area contributed by atoms with Crippen LogP contribution in [0.1, 0.15) is 43.4 Å². The minimum Gasteiger partial charge on any atom is -0.421 e. The zero-order valence-electron chi connectivity index (χ0n) is 17.2. The maximum Gasteiger partial charge on any atom is 0.276 e. The Kier molecular flexibility index (Phi) is 5.51. The first-order chi connectivity index (χ1) is 15.0. The second-order valence-corrected chi connectivity index (χ2v) is 11.2. The van der Waals surface area contributed by atoms with Crippen LogP contribution in [0.3, 0.4) is 0 Å². The summed E-state index contributed by atoms with van der Waals surface area (Å²) in [6, 6.07) is 15.9. The Hall–Kier alpha value is -2.34. The van der Waals surface area contributed by atoms with Gasteiger partial charge in [-0.2, -0.15) is 10.1 Å². The molecule has 0 N–H and O–H groups in total. The fraction of sp³-hybridized carbons (Fsp3) is 0.304. The van der Waals surface area contributed by atoms with E-state index in [9.17, 15) is 4.39 Å². The zero-order chi connectivity index (χ0) is 21.4. The Morgan fingerprint density at radius 1 is 1.06 bits per heavy atom. The predicted octanol–water partition coefficient (Wildman–Crippen LogP) is 5.71. The van der Waals surface area contributed by atoms with Gasteiger partial charge in [-0.1, -0.05) is 37.5 Å². The summed E-state index contributed by atoms with van der Waals surface area (Å²) in [5.74, 6) is 0.668. The molecule has 8 heteroatoms. The highest BCUT2D eigenvalue weighted by Crippen LogP contribution is 2.56. The average Bonchev–Trinajstić information content (AvgIpc) is 3.12. The van der Waals surface area contributed by atoms with Crippen LogP contribution in [0.15, 0.2) is 59.6 Å². The molecule has 31 heavy (non-hydrogen) atoms. The van der Waals surface area contributed by atoms with Gasteiger partial charge in [0.15, 0.2) is 5.82 Å². The molecule has 0 bridgehead atoms. The molecule has 0 saturated heterocycles. The standard InChI is InChI=1S/C23H23FN3O2PS/c1-16-21-22(27(26-16)19-8-4-2-5-9-19)25-23(17-12-14-18(24)15-13-17)29-30(21,31)28-20-10-6-3-7-11-20/h2,4-5,8-9,12-15,20H,3,6-7,10-11H2,1H3. The van der Waals surface area contributed by atoms with Crippen molar-refractivity contribution in [3.8, 4) is 5.69 Å². The van der Waals surface area contributed by atoms with Gasteiger partial charge in [0.25, 0.3) is 6.49 Å². The van der Waals surface area contributed by atoms with Gasteiger partial charge in [0.05, 0.1) is 17.5 Å². The number of para-hydroxylation sites is 1. The molecular formula is C23H23FN3O2PS. The molecule has 1 atom stereocenters. The quantitative estimate of drug-likeness (QED) is 0.473. The number of halogens is 1. The van der Waals surface area contributed by atoms with Crippen molar-refractivity contribution < 1.29 is 13.4 Å². The second-order valence-electron chi connectivity index (χ2n) is 7.88. The average molecular weight is 455 g/mol. The zero-order valence-corrected chi connectivity index (χ0v) is 18.9. The van der Waals surface area contributed by atoms with Gasteiger partial charge in [-0.15, -0.1) is 0 Å². The third kappa shape index (κ3) is 3.98. The summed E-state index contributed by atoms with van der Waals surface area (Å²) < 4.78 is 28.2. The first kappa shape index (κ1) is 20.6. The summed E-state index contributed by atoms with van der Waals surface area (Å²) in [6.45, 7) is -0.995. The molecule has 2 aromatic carbocycles. The summed E-state index contributed by atoms with van der Waals surface area (Å²) in [6.07, 6.45) is 5.52. The van der Waals surface area contributed by atoms with Crippen LogP contribution >= 0.6 is 6.49 Å². The highest BCUT2D eigenvalue weighted by atomic mass is 32.5. The lowest BCUT2D eigenvalue weighted by atomic mass is 9.98. The van der Waals surface area contributed by atoms with E-state index in [1.165, 1.54) is 18.6 Å². The van der Waals surface area contributed by atoms with E-state index in [1.807, 2.05) is 37.3 Å². The maximum absolute atomic E-state index is 13.5. The Morgan fingerprint density at radius 2 is 1.77 bits per heavy atom. The fourth-order valence-corrected chi connectivity index (χ4v) is 7.37. The third-order valence-corrected chi connectivity index (χ3v) is 8.71. The molecule has 1 fully saturated rings. The van der Waals surface area contributed by atoms with Crippen LogP contribution in [0.2, 0.25) is 0 Å². The molecule has 1 saturated carbocycles. The van der Waals surface area contributed by atoms with Crippen LogP contribution < -0.4 is 5.30 Å². The lowest BCUT2D eigenvalue weighted by Crippen LogP contribution is -2.25. The van der Waals surface area contributed by atoms with Crippen molar-refractivity contribution in [3.63, 3.8) is 0 Å². The van der Waals surface area contributed by atoms with Gasteiger partial charge < -0.3 is 9.05 Å². The molecule has 1 aliphatic carbocycles. The number of benzene rings is 2. The number of fused-ring (bicyclic) bond motifs is 1. The van der Waals surface area contributed by atoms with Crippen LogP contribution in [0.5, 0.6) is 0 Å². The maximum atomic E-state index is 13.5. The molecule has 1 aromatic heterocycles. The number of nitrogens with zero attached hydrogens (tertiary/aromatic N) is 3. The summed E-state index contributed by atoms with van der Waals surface area (Å²) in [7, 11) is 0. The van der Waals surface area contributed by atoms with Crippen LogP contribution in [-0.4, -0.2) is 21.8 Å². The van der Waals surface area contributed by atoms with E-state index in [-0.39, 0.29) is 11.9 Å². The van der Waals surface area contributed by atoms with Crippen molar-refractivity contribution in [3.05, 3.63) is 71.7 Å². The van der Waals surface area contributed by atoms with E-state index in [2.05, 4.69) is 0 Å². The molecule has 2 heterocycles. The molecule has 0 amide bonds. The first-order valence-electron chi connectivity index (χ1n) is 10.5. The smallest absolute Gasteiger partial charge is 0.276 e. The number of aryl methyl sites for hydroxylation is 1. The molecule has 5 nitrogen and oxygen atoms in total. The molecule has 1 aliphatic heterocycles. The minimum absolute atomic E-state index is 0.0690. The van der Waals surface area contributed by atoms with E-state index in [0.29, 0.717) is 17.3 Å². The minimum atomic E-state index is -2.92. The van der Waals surface area contributed by atoms with Gasteiger partial charge in [0.1, 0.15) is 11.1 Å². The number of aromatic nitrogens is 2. The van der Waals surface area contributed by atoms with Gasteiger partial charge in [-0.3, -0.25) is 0 Å². The molecular weight excluding hydrogens is 432 g/mol. The SMILES string of the molecule is Cc1nn(-c2ccccc2)c2c1P(=S)(OC1CCCCC1)OC(c1ccc(F)cc1)=N2. The van der Waals surface area contributed by atoms with Crippen LogP contribution in [-0.2, 0) is 20.9 Å². The van der Waals surface area contributed by atoms with E-state index >= 15 is 0 Å². The van der Waals surface area contributed by atoms with E-state index < -0.39 is 6.49 Å². The second kappa shape index (κ2) is 8.30. The van der Waals surface area contributed by atoms with Crippen molar-refractivity contribution >= 4 is 35.3 Å². The van der Waals surface area contributed by atoms with Crippen LogP contribution in [0.4, 0.5) is 10.2 Å². The molecule has 2 aliphatic rings. The molecule has 0 radical (unpaired) electrons. The summed E-state index contributed by atoms with van der Waals surface area (Å²) in [4.78, 5) is 4.78. The van der Waals surface area contributed by atoms with Gasteiger partial charge in [-0.05, 0) is 68.0 Å². The highest BCUT2D eigenvalue weighted by Gasteiger charge is 2.40. The largest absolute Gasteiger partial charge is 0.421 e. The predicted molar refractivity (Wildman–Crippen MR) is 124 cm³/mol. The van der Waals surface area contributed by atoms with Gasteiger partial charge in [0.2, 0.25) is 5.90 Å². The summed E-state index contributed by atoms with van der Waals surface area (Å²) in [5, 5.41) is 5.51. The highest BCUT2D eigenvalue weighted by molar-refractivity contribution is 8.13. The Bertz CT molecular complexity index is 1170. The lowest BCUT2D eigenvalue weighted by Gasteiger charge is -2.32. The van der Waals surface area contributed by atoms with E-state index in [1.54, 1.807) is 16.8 Å². The van der Waals surface area contributed by atoms with Crippen LogP contribution in [0, 0.1) is 12.7 Å². The Balaban J connectivity index is 1.65. The van der Waals surface area contributed by atoms with Gasteiger partial charge >= 0.3 is 0 Å². The molecule has 5 rings (SSSR count). The number of rotatable bonds is 4. The molecule has 3 aromatic rings. The van der Waals surface area contributed by atoms with Crippen molar-refractivity contribution in [1.82, 2.24) is 9.78 Å². The van der Waals surface area contributed by atoms with Crippen molar-refractivity contribution in [2.45, 2.75) is 45.1 Å². The lowest BCUT2D eigenvalue weighted by molar-refractivity contribution is 0.159. The van der Waals surface area contributed by atoms with Crippen molar-refractivity contribution in [2.24, 2.45) is 4.99 Å². The monoisotopic (exact) mass is 455 g/mol. The number of aliphatic imine (C=N–C) groups is 1. The third-order valence-electron chi connectivity index (χ3n) is 5.63. The molecule has 160 valence electrons. The number of hydrogen-bond acceptors (Lipinski definition) is 5. The van der Waals surface area contributed by atoms with Crippen LogP contribution in [0.25, 0.3) is 5.69 Å². The van der Waals surface area contributed by atoms with E-state index in [0.717, 1.165) is 42.4 Å². The Morgan fingerprint density at radius 3 is 2.48 bits per heavy atom. The normalized spacial score (nSPS) is 21.3. The van der Waals surface area contributed by atoms with Crippen molar-refractivity contribution in [1.29, 1.82) is 0 Å². The fourth-order valence-electron chi connectivity index (χ4n) is 4.10. The topological polar surface area (TPSA) is 48.6 Å². The van der Waals surface area contributed by atoms with E-state index in [4.69, 9.17) is 30.9 Å². The Labute approximate surface area is 186 Å². The summed E-state index contributed by atoms with van der Waals surface area (Å²) in [5.41, 5.74) is 2.31.